The zero-order chi connectivity index (χ0) is 22.4. The van der Waals surface area contributed by atoms with E-state index in [4.69, 9.17) is 14.2 Å². The average molecular weight is 427 g/mol. The molecule has 1 aliphatic heterocycles. The third-order valence-electron chi connectivity index (χ3n) is 4.86. The number of cyclic esters (lactones) is 1. The van der Waals surface area contributed by atoms with Gasteiger partial charge in [-0.2, -0.15) is 0 Å². The molecule has 2 aromatic carbocycles. The number of hydrogen-bond donors (Lipinski definition) is 2. The molecule has 1 heterocycles. The van der Waals surface area contributed by atoms with Gasteiger partial charge in [0.25, 0.3) is 0 Å². The number of anilines is 1. The summed E-state index contributed by atoms with van der Waals surface area (Å²) in [6, 6.07) is 11.7. The van der Waals surface area contributed by atoms with Gasteiger partial charge in [-0.3, -0.25) is 9.59 Å². The number of hydrogen-bond acceptors (Lipinski definition) is 6. The van der Waals surface area contributed by atoms with E-state index in [1.807, 2.05) is 6.07 Å². The summed E-state index contributed by atoms with van der Waals surface area (Å²) in [7, 11) is 3.07. The van der Waals surface area contributed by atoms with Crippen LogP contribution >= 0.6 is 0 Å². The maximum absolute atomic E-state index is 12.4. The molecule has 1 aliphatic rings. The highest BCUT2D eigenvalue weighted by Gasteiger charge is 2.23. The SMILES string of the molecule is COc1ccc(OC)c([C@@H](C)NC(=O)C(=O)Nc2cccc(CN3CCOC3=O)c2)c1. The number of benzene rings is 2. The minimum atomic E-state index is -0.800. The molecule has 1 saturated heterocycles. The first kappa shape index (κ1) is 21.9. The lowest BCUT2D eigenvalue weighted by Crippen LogP contribution is -2.37. The number of carbonyl (C=O) groups is 3. The maximum atomic E-state index is 12.4. The van der Waals surface area contributed by atoms with Crippen molar-refractivity contribution in [2.45, 2.75) is 19.5 Å². The number of nitrogens with zero attached hydrogens (tertiary/aromatic N) is 1. The quantitative estimate of drug-likeness (QED) is 0.658. The Morgan fingerprint density at radius 2 is 1.94 bits per heavy atom. The Balaban J connectivity index is 1.62. The van der Waals surface area contributed by atoms with Crippen LogP contribution in [0.2, 0.25) is 0 Å². The standard InChI is InChI=1S/C22H25N3O6/c1-14(18-12-17(29-2)7-8-19(18)30-3)23-20(26)21(27)24-16-6-4-5-15(11-16)13-25-9-10-31-22(25)28/h4-8,11-12,14H,9-10,13H2,1-3H3,(H,23,26)(H,24,27)/t14-/m1/s1. The summed E-state index contributed by atoms with van der Waals surface area (Å²) in [5.74, 6) is -0.403. The highest BCUT2D eigenvalue weighted by molar-refractivity contribution is 6.39. The van der Waals surface area contributed by atoms with Crippen LogP contribution in [0.4, 0.5) is 10.5 Å². The van der Waals surface area contributed by atoms with Gasteiger partial charge >= 0.3 is 17.9 Å². The second-order valence-electron chi connectivity index (χ2n) is 6.99. The van der Waals surface area contributed by atoms with Crippen LogP contribution < -0.4 is 20.1 Å². The zero-order valence-electron chi connectivity index (χ0n) is 17.6. The van der Waals surface area contributed by atoms with Crippen LogP contribution in [-0.4, -0.2) is 50.2 Å². The van der Waals surface area contributed by atoms with Crippen LogP contribution in [0.15, 0.2) is 42.5 Å². The molecule has 0 radical (unpaired) electrons. The minimum Gasteiger partial charge on any atom is -0.497 e. The van der Waals surface area contributed by atoms with E-state index < -0.39 is 17.9 Å². The lowest BCUT2D eigenvalue weighted by Gasteiger charge is -2.18. The van der Waals surface area contributed by atoms with E-state index in [1.54, 1.807) is 55.3 Å². The van der Waals surface area contributed by atoms with E-state index in [0.717, 1.165) is 5.56 Å². The summed E-state index contributed by atoms with van der Waals surface area (Å²) in [5.41, 5.74) is 1.95. The number of nitrogens with one attached hydrogen (secondary N) is 2. The van der Waals surface area contributed by atoms with Crippen LogP contribution in [0.5, 0.6) is 11.5 Å². The van der Waals surface area contributed by atoms with E-state index in [-0.39, 0.29) is 6.09 Å². The fraction of sp³-hybridized carbons (Fsp3) is 0.318. The molecule has 1 atom stereocenters. The summed E-state index contributed by atoms with van der Waals surface area (Å²) in [5, 5.41) is 5.25. The third kappa shape index (κ3) is 5.44. The topological polar surface area (TPSA) is 106 Å². The van der Waals surface area contributed by atoms with Crippen molar-refractivity contribution < 1.29 is 28.6 Å². The first-order valence-corrected chi connectivity index (χ1v) is 9.75. The van der Waals surface area contributed by atoms with Gasteiger partial charge in [0, 0.05) is 17.8 Å². The number of rotatable bonds is 7. The van der Waals surface area contributed by atoms with E-state index in [2.05, 4.69) is 10.6 Å². The van der Waals surface area contributed by atoms with Crippen LogP contribution in [0, 0.1) is 0 Å². The lowest BCUT2D eigenvalue weighted by molar-refractivity contribution is -0.136. The Labute approximate surface area is 180 Å². The van der Waals surface area contributed by atoms with E-state index >= 15 is 0 Å². The van der Waals surface area contributed by atoms with Crippen molar-refractivity contribution in [1.29, 1.82) is 0 Å². The molecule has 0 saturated carbocycles. The molecule has 0 spiro atoms. The molecule has 9 heteroatoms. The van der Waals surface area contributed by atoms with Crippen molar-refractivity contribution in [2.75, 3.05) is 32.7 Å². The fourth-order valence-electron chi connectivity index (χ4n) is 3.24. The largest absolute Gasteiger partial charge is 0.497 e. The van der Waals surface area contributed by atoms with Crippen LogP contribution in [0.25, 0.3) is 0 Å². The molecule has 3 amide bonds. The Hall–Kier alpha value is -3.75. The van der Waals surface area contributed by atoms with Gasteiger partial charge in [0.05, 0.1) is 26.8 Å². The number of methoxy groups -OCH3 is 2. The molecule has 0 aliphatic carbocycles. The number of ether oxygens (including phenoxy) is 3. The van der Waals surface area contributed by atoms with Crippen molar-refractivity contribution >= 4 is 23.6 Å². The highest BCUT2D eigenvalue weighted by atomic mass is 16.6. The summed E-state index contributed by atoms with van der Waals surface area (Å²) in [6.07, 6.45) is -0.365. The molecule has 9 nitrogen and oxygen atoms in total. The molecule has 1 fully saturated rings. The molecule has 3 rings (SSSR count). The zero-order valence-corrected chi connectivity index (χ0v) is 17.6. The predicted molar refractivity (Wildman–Crippen MR) is 113 cm³/mol. The van der Waals surface area contributed by atoms with Gasteiger partial charge in [0.15, 0.2) is 0 Å². The van der Waals surface area contributed by atoms with E-state index in [1.165, 1.54) is 7.11 Å². The van der Waals surface area contributed by atoms with Gasteiger partial charge < -0.3 is 29.7 Å². The summed E-state index contributed by atoms with van der Waals surface area (Å²) in [6.45, 7) is 2.99. The Kier molecular flexibility index (Phi) is 6.96. The molecule has 0 unspecified atom stereocenters. The monoisotopic (exact) mass is 427 g/mol. The number of carbonyl (C=O) groups excluding carboxylic acids is 3. The average Bonchev–Trinajstić information content (AvgIpc) is 3.17. The van der Waals surface area contributed by atoms with Crippen LogP contribution in [0.3, 0.4) is 0 Å². The molecule has 2 N–H and O–H groups in total. The Morgan fingerprint density at radius 3 is 2.61 bits per heavy atom. The maximum Gasteiger partial charge on any atom is 0.410 e. The Bertz CT molecular complexity index is 977. The molecule has 164 valence electrons. The molecular formula is C22H25N3O6. The minimum absolute atomic E-state index is 0.363. The summed E-state index contributed by atoms with van der Waals surface area (Å²) < 4.78 is 15.5. The van der Waals surface area contributed by atoms with Crippen molar-refractivity contribution in [2.24, 2.45) is 0 Å². The van der Waals surface area contributed by atoms with Crippen LogP contribution in [-0.2, 0) is 20.9 Å². The smallest absolute Gasteiger partial charge is 0.410 e. The van der Waals surface area contributed by atoms with Crippen molar-refractivity contribution in [1.82, 2.24) is 10.2 Å². The normalized spacial score (nSPS) is 13.9. The van der Waals surface area contributed by atoms with Crippen molar-refractivity contribution in [3.05, 3.63) is 53.6 Å². The third-order valence-corrected chi connectivity index (χ3v) is 4.86. The van der Waals surface area contributed by atoms with Crippen LogP contribution in [0.1, 0.15) is 24.1 Å². The summed E-state index contributed by atoms with van der Waals surface area (Å²) >= 11 is 0. The highest BCUT2D eigenvalue weighted by Crippen LogP contribution is 2.29. The van der Waals surface area contributed by atoms with Crippen molar-refractivity contribution in [3.8, 4) is 11.5 Å². The molecule has 31 heavy (non-hydrogen) atoms. The van der Waals surface area contributed by atoms with Gasteiger partial charge in [-0.25, -0.2) is 4.79 Å². The van der Waals surface area contributed by atoms with Gasteiger partial charge in [0.2, 0.25) is 0 Å². The second kappa shape index (κ2) is 9.84. The van der Waals surface area contributed by atoms with E-state index in [9.17, 15) is 14.4 Å². The fourth-order valence-corrected chi connectivity index (χ4v) is 3.24. The second-order valence-corrected chi connectivity index (χ2v) is 6.99. The first-order valence-electron chi connectivity index (χ1n) is 9.75. The van der Waals surface area contributed by atoms with Gasteiger partial charge in [0.1, 0.15) is 18.1 Å². The first-order chi connectivity index (χ1) is 14.9. The predicted octanol–water partition coefficient (Wildman–Crippen LogP) is 2.47. The summed E-state index contributed by atoms with van der Waals surface area (Å²) in [4.78, 5) is 38.0. The number of amides is 3. The molecule has 0 aromatic heterocycles. The molecular weight excluding hydrogens is 402 g/mol. The Morgan fingerprint density at radius 1 is 1.13 bits per heavy atom. The molecule has 0 bridgehead atoms. The van der Waals surface area contributed by atoms with E-state index in [0.29, 0.717) is 42.4 Å². The van der Waals surface area contributed by atoms with Gasteiger partial charge in [-0.15, -0.1) is 0 Å². The lowest BCUT2D eigenvalue weighted by atomic mass is 10.1. The molecule has 2 aromatic rings. The van der Waals surface area contributed by atoms with Gasteiger partial charge in [-0.05, 0) is 42.8 Å². The van der Waals surface area contributed by atoms with Gasteiger partial charge in [-0.1, -0.05) is 12.1 Å². The van der Waals surface area contributed by atoms with Crippen molar-refractivity contribution in [3.63, 3.8) is 0 Å².